The molecule has 7 heteroatoms. The molecular formula is C20H18Br2O4S. The third-order valence-electron chi connectivity index (χ3n) is 3.56. The van der Waals surface area contributed by atoms with Gasteiger partial charge in [-0.1, -0.05) is 0 Å². The summed E-state index contributed by atoms with van der Waals surface area (Å²) < 4.78 is 6.52. The minimum atomic E-state index is -1.08. The number of thioether (sulfide) groups is 1. The van der Waals surface area contributed by atoms with E-state index in [0.717, 1.165) is 4.90 Å². The quantitative estimate of drug-likeness (QED) is 0.267. The van der Waals surface area contributed by atoms with E-state index >= 15 is 0 Å². The van der Waals surface area contributed by atoms with Crippen molar-refractivity contribution in [2.75, 3.05) is 6.26 Å². The molecule has 0 fully saturated rings. The molecule has 27 heavy (non-hydrogen) atoms. The summed E-state index contributed by atoms with van der Waals surface area (Å²) in [5, 5.41) is 9.42. The van der Waals surface area contributed by atoms with Gasteiger partial charge in [0, 0.05) is 20.5 Å². The van der Waals surface area contributed by atoms with Gasteiger partial charge in [-0.3, -0.25) is 4.79 Å². The van der Waals surface area contributed by atoms with Crippen LogP contribution in [0.3, 0.4) is 0 Å². The Bertz CT molecular complexity index is 890. The summed E-state index contributed by atoms with van der Waals surface area (Å²) in [6.07, 6.45) is 4.90. The number of benzene rings is 2. The SMILES string of the molecule is CSc1ccc(C(=O)C=Cc2cc(Br)c(C(=O)O)c(Br)c2OC(C)C)cc1. The van der Waals surface area contributed by atoms with Crippen molar-refractivity contribution in [1.82, 2.24) is 0 Å². The zero-order valence-electron chi connectivity index (χ0n) is 15.0. The maximum Gasteiger partial charge on any atom is 0.338 e. The van der Waals surface area contributed by atoms with Crippen LogP contribution in [0.15, 0.2) is 50.2 Å². The molecule has 2 aromatic carbocycles. The van der Waals surface area contributed by atoms with Gasteiger partial charge in [0.2, 0.25) is 0 Å². The van der Waals surface area contributed by atoms with Gasteiger partial charge in [-0.25, -0.2) is 4.79 Å². The standard InChI is InChI=1S/C20H18Br2O4S/c1-11(2)26-19-13(10-15(21)17(18(19)22)20(24)25)6-9-16(23)12-4-7-14(27-3)8-5-12/h4-11H,1-3H3,(H,24,25). The summed E-state index contributed by atoms with van der Waals surface area (Å²) in [6, 6.07) is 8.99. The second-order valence-electron chi connectivity index (χ2n) is 5.86. The lowest BCUT2D eigenvalue weighted by molar-refractivity contribution is 0.0693. The van der Waals surface area contributed by atoms with Crippen LogP contribution < -0.4 is 4.74 Å². The highest BCUT2D eigenvalue weighted by Crippen LogP contribution is 2.39. The van der Waals surface area contributed by atoms with Crippen LogP contribution in [-0.2, 0) is 0 Å². The van der Waals surface area contributed by atoms with Gasteiger partial charge in [0.25, 0.3) is 0 Å². The third kappa shape index (κ3) is 5.46. The van der Waals surface area contributed by atoms with Crippen LogP contribution in [-0.4, -0.2) is 29.2 Å². The third-order valence-corrected chi connectivity index (χ3v) is 5.68. The number of carbonyl (C=O) groups excluding carboxylic acids is 1. The molecular weight excluding hydrogens is 496 g/mol. The van der Waals surface area contributed by atoms with Crippen LogP contribution in [0, 0.1) is 0 Å². The van der Waals surface area contributed by atoms with Crippen LogP contribution in [0.2, 0.25) is 0 Å². The Morgan fingerprint density at radius 2 is 1.81 bits per heavy atom. The number of ether oxygens (including phenoxy) is 1. The van der Waals surface area contributed by atoms with Gasteiger partial charge in [0.1, 0.15) is 5.75 Å². The summed E-state index contributed by atoms with van der Waals surface area (Å²) in [5.41, 5.74) is 1.25. The van der Waals surface area contributed by atoms with Crippen molar-refractivity contribution in [3.8, 4) is 5.75 Å². The Kier molecular flexibility index (Phi) is 7.70. The van der Waals surface area contributed by atoms with Crippen molar-refractivity contribution in [2.45, 2.75) is 24.8 Å². The molecule has 2 aromatic rings. The molecule has 0 saturated carbocycles. The number of carboxylic acids is 1. The molecule has 0 unspecified atom stereocenters. The molecule has 0 spiro atoms. The monoisotopic (exact) mass is 512 g/mol. The van der Waals surface area contributed by atoms with Crippen molar-refractivity contribution in [2.24, 2.45) is 0 Å². The molecule has 0 bridgehead atoms. The summed E-state index contributed by atoms with van der Waals surface area (Å²) in [4.78, 5) is 25.0. The Morgan fingerprint density at radius 1 is 1.19 bits per heavy atom. The second kappa shape index (κ2) is 9.57. The average Bonchev–Trinajstić information content (AvgIpc) is 2.61. The number of ketones is 1. The van der Waals surface area contributed by atoms with Crippen molar-refractivity contribution < 1.29 is 19.4 Å². The lowest BCUT2D eigenvalue weighted by Crippen LogP contribution is -2.10. The first-order valence-electron chi connectivity index (χ1n) is 8.03. The number of carbonyl (C=O) groups is 2. The predicted molar refractivity (Wildman–Crippen MR) is 116 cm³/mol. The maximum absolute atomic E-state index is 12.4. The molecule has 0 heterocycles. The Morgan fingerprint density at radius 3 is 2.33 bits per heavy atom. The summed E-state index contributed by atoms with van der Waals surface area (Å²) in [5.74, 6) is -0.845. The molecule has 4 nitrogen and oxygen atoms in total. The number of rotatable bonds is 7. The minimum Gasteiger partial charge on any atom is -0.489 e. The van der Waals surface area contributed by atoms with Gasteiger partial charge in [0.05, 0.1) is 16.1 Å². The van der Waals surface area contributed by atoms with Crippen molar-refractivity contribution in [1.29, 1.82) is 0 Å². The van der Waals surface area contributed by atoms with Gasteiger partial charge in [-0.2, -0.15) is 0 Å². The van der Waals surface area contributed by atoms with Crippen LogP contribution in [0.4, 0.5) is 0 Å². The van der Waals surface area contributed by atoms with Crippen LogP contribution >= 0.6 is 43.6 Å². The number of hydrogen-bond acceptors (Lipinski definition) is 4. The van der Waals surface area contributed by atoms with Crippen LogP contribution in [0.1, 0.15) is 40.1 Å². The zero-order valence-corrected chi connectivity index (χ0v) is 18.9. The fraction of sp³-hybridized carbons (Fsp3) is 0.200. The summed E-state index contributed by atoms with van der Waals surface area (Å²) in [6.45, 7) is 3.70. The topological polar surface area (TPSA) is 63.6 Å². The first-order chi connectivity index (χ1) is 12.7. The van der Waals surface area contributed by atoms with Gasteiger partial charge in [-0.15, -0.1) is 11.8 Å². The molecule has 0 aliphatic rings. The van der Waals surface area contributed by atoms with E-state index in [0.29, 0.717) is 25.8 Å². The van der Waals surface area contributed by atoms with E-state index < -0.39 is 5.97 Å². The fourth-order valence-electron chi connectivity index (χ4n) is 2.31. The van der Waals surface area contributed by atoms with Crippen molar-refractivity contribution in [3.05, 3.63) is 62.0 Å². The highest BCUT2D eigenvalue weighted by atomic mass is 79.9. The zero-order chi connectivity index (χ0) is 20.1. The van der Waals surface area contributed by atoms with E-state index in [1.54, 1.807) is 36.0 Å². The van der Waals surface area contributed by atoms with Crippen LogP contribution in [0.25, 0.3) is 6.08 Å². The highest BCUT2D eigenvalue weighted by Gasteiger charge is 2.21. The molecule has 0 aliphatic carbocycles. The lowest BCUT2D eigenvalue weighted by atomic mass is 10.1. The largest absolute Gasteiger partial charge is 0.489 e. The van der Waals surface area contributed by atoms with Crippen molar-refractivity contribution in [3.63, 3.8) is 0 Å². The highest BCUT2D eigenvalue weighted by molar-refractivity contribution is 9.11. The first kappa shape index (κ1) is 21.7. The van der Waals surface area contributed by atoms with E-state index in [4.69, 9.17) is 4.74 Å². The number of halogens is 2. The van der Waals surface area contributed by atoms with E-state index in [-0.39, 0.29) is 17.5 Å². The average molecular weight is 514 g/mol. The van der Waals surface area contributed by atoms with Crippen molar-refractivity contribution >= 4 is 61.5 Å². The molecule has 0 aromatic heterocycles. The van der Waals surface area contributed by atoms with Gasteiger partial charge >= 0.3 is 5.97 Å². The molecule has 2 rings (SSSR count). The molecule has 0 atom stereocenters. The lowest BCUT2D eigenvalue weighted by Gasteiger charge is -2.17. The molecule has 0 aliphatic heterocycles. The van der Waals surface area contributed by atoms with E-state index in [1.165, 1.54) is 6.08 Å². The van der Waals surface area contributed by atoms with E-state index in [1.807, 2.05) is 32.2 Å². The van der Waals surface area contributed by atoms with Gasteiger partial charge < -0.3 is 9.84 Å². The Balaban J connectivity index is 2.42. The molecule has 1 N–H and O–H groups in total. The van der Waals surface area contributed by atoms with Crippen LogP contribution in [0.5, 0.6) is 5.75 Å². The fourth-order valence-corrected chi connectivity index (χ4v) is 4.31. The molecule has 0 amide bonds. The number of hydrogen-bond donors (Lipinski definition) is 1. The molecule has 142 valence electrons. The first-order valence-corrected chi connectivity index (χ1v) is 10.8. The smallest absolute Gasteiger partial charge is 0.338 e. The Hall–Kier alpha value is -1.57. The second-order valence-corrected chi connectivity index (χ2v) is 8.39. The number of aromatic carboxylic acids is 1. The summed E-state index contributed by atoms with van der Waals surface area (Å²) in [7, 11) is 0. The normalized spacial score (nSPS) is 11.2. The Labute approximate surface area is 179 Å². The van der Waals surface area contributed by atoms with E-state index in [2.05, 4.69) is 31.9 Å². The number of carboxylic acid groups (broad SMARTS) is 1. The van der Waals surface area contributed by atoms with Gasteiger partial charge in [-0.05, 0) is 94.4 Å². The number of allylic oxidation sites excluding steroid dienone is 1. The summed E-state index contributed by atoms with van der Waals surface area (Å²) >= 11 is 8.21. The van der Waals surface area contributed by atoms with Gasteiger partial charge in [0.15, 0.2) is 5.78 Å². The maximum atomic E-state index is 12.4. The minimum absolute atomic E-state index is 0.0711. The predicted octanol–water partition coefficient (Wildman–Crippen LogP) is 6.32. The van der Waals surface area contributed by atoms with E-state index in [9.17, 15) is 14.7 Å². The molecule has 0 saturated heterocycles. The molecule has 0 radical (unpaired) electrons.